The van der Waals surface area contributed by atoms with Crippen molar-refractivity contribution >= 4 is 5.97 Å². The molecule has 3 heterocycles. The molecule has 2 aliphatic heterocycles. The second kappa shape index (κ2) is 8.45. The zero-order valence-electron chi connectivity index (χ0n) is 18.2. The first-order valence-corrected chi connectivity index (χ1v) is 11.5. The molecule has 0 radical (unpaired) electrons. The lowest BCUT2D eigenvalue weighted by atomic mass is 9.87. The van der Waals surface area contributed by atoms with Gasteiger partial charge >= 0.3 is 5.97 Å². The normalized spacial score (nSPS) is 27.5. The molecule has 6 nitrogen and oxygen atoms in total. The highest BCUT2D eigenvalue weighted by atomic mass is 19.1. The number of halogens is 1. The lowest BCUT2D eigenvalue weighted by Crippen LogP contribution is -2.48. The number of pyridine rings is 1. The van der Waals surface area contributed by atoms with Crippen molar-refractivity contribution in [2.45, 2.75) is 44.3 Å². The largest absolute Gasteiger partial charge is 0.469 e. The van der Waals surface area contributed by atoms with Crippen LogP contribution in [0.2, 0.25) is 0 Å². The maximum atomic E-state index is 14.4. The molecule has 5 rings (SSSR count). The Morgan fingerprint density at radius 2 is 1.91 bits per heavy atom. The molecule has 1 saturated heterocycles. The fourth-order valence-corrected chi connectivity index (χ4v) is 6.25. The summed E-state index contributed by atoms with van der Waals surface area (Å²) in [5.41, 5.74) is 1.07. The van der Waals surface area contributed by atoms with Crippen molar-refractivity contribution in [3.05, 3.63) is 58.3 Å². The second-order valence-electron chi connectivity index (χ2n) is 9.32. The number of esters is 1. The number of hydrogen-bond donors (Lipinski definition) is 1. The van der Waals surface area contributed by atoms with Gasteiger partial charge < -0.3 is 14.4 Å². The molecule has 1 saturated carbocycles. The van der Waals surface area contributed by atoms with E-state index in [4.69, 9.17) is 4.74 Å². The van der Waals surface area contributed by atoms with E-state index in [1.54, 1.807) is 28.8 Å². The predicted molar refractivity (Wildman–Crippen MR) is 117 cm³/mol. The molecule has 7 heteroatoms. The number of aliphatic hydroxyl groups is 1. The van der Waals surface area contributed by atoms with E-state index in [1.807, 2.05) is 6.07 Å². The van der Waals surface area contributed by atoms with Crippen molar-refractivity contribution < 1.29 is 19.0 Å². The van der Waals surface area contributed by atoms with E-state index in [-0.39, 0.29) is 41.7 Å². The van der Waals surface area contributed by atoms with E-state index >= 15 is 0 Å². The minimum atomic E-state index is -0.538. The summed E-state index contributed by atoms with van der Waals surface area (Å²) in [6.07, 6.45) is 4.78. The smallest absolute Gasteiger partial charge is 0.311 e. The average Bonchev–Trinajstić information content (AvgIpc) is 3.38. The summed E-state index contributed by atoms with van der Waals surface area (Å²) in [7, 11) is 1.37. The first-order valence-electron chi connectivity index (χ1n) is 11.5. The quantitative estimate of drug-likeness (QED) is 0.724. The number of rotatable bonds is 5. The number of nitrogens with zero attached hydrogens (tertiary/aromatic N) is 2. The summed E-state index contributed by atoms with van der Waals surface area (Å²) < 4.78 is 21.2. The third kappa shape index (κ3) is 3.30. The molecule has 0 unspecified atom stereocenters. The molecule has 2 aromatic rings. The van der Waals surface area contributed by atoms with E-state index < -0.39 is 11.7 Å². The monoisotopic (exact) mass is 440 g/mol. The molecular formula is C25H29FN2O4. The Hall–Kier alpha value is -2.51. The standard InChI is InChI=1S/C25H29FN2O4/c1-32-25(31)22-18(14-29)21-13-28-20(23(22)27(21)12-15-6-2-3-7-15)11-10-17(24(28)30)16-8-4-5-9-19(16)26/h4-5,8-11,15,18,21-23,29H,2-3,6-7,12-14H2,1H3/t18-,21-,22+,23+/m1/s1. The Morgan fingerprint density at radius 3 is 2.59 bits per heavy atom. The molecule has 4 atom stereocenters. The summed E-state index contributed by atoms with van der Waals surface area (Å²) in [6, 6.07) is 9.31. The van der Waals surface area contributed by atoms with Crippen molar-refractivity contribution in [3.63, 3.8) is 0 Å². The van der Waals surface area contributed by atoms with E-state index in [0.29, 0.717) is 18.0 Å². The van der Waals surface area contributed by atoms with Crippen molar-refractivity contribution in [2.75, 3.05) is 20.3 Å². The van der Waals surface area contributed by atoms with Gasteiger partial charge in [0, 0.05) is 42.9 Å². The van der Waals surface area contributed by atoms with Gasteiger partial charge in [0.2, 0.25) is 0 Å². The number of ether oxygens (including phenoxy) is 1. The summed E-state index contributed by atoms with van der Waals surface area (Å²) in [6.45, 7) is 1.08. The van der Waals surface area contributed by atoms with Crippen LogP contribution in [0.4, 0.5) is 4.39 Å². The van der Waals surface area contributed by atoms with Crippen molar-refractivity contribution in [3.8, 4) is 11.1 Å². The Morgan fingerprint density at radius 1 is 1.16 bits per heavy atom. The molecule has 170 valence electrons. The highest BCUT2D eigenvalue weighted by Crippen LogP contribution is 2.49. The first-order chi connectivity index (χ1) is 15.5. The molecule has 1 N–H and O–H groups in total. The van der Waals surface area contributed by atoms with Gasteiger partial charge in [-0.1, -0.05) is 31.0 Å². The molecule has 1 aliphatic carbocycles. The average molecular weight is 441 g/mol. The van der Waals surface area contributed by atoms with E-state index in [0.717, 1.165) is 12.2 Å². The Kier molecular flexibility index (Phi) is 5.63. The lowest BCUT2D eigenvalue weighted by molar-refractivity contribution is -0.148. The van der Waals surface area contributed by atoms with Crippen LogP contribution < -0.4 is 5.56 Å². The van der Waals surface area contributed by atoms with Gasteiger partial charge in [0.1, 0.15) is 5.82 Å². The predicted octanol–water partition coefficient (Wildman–Crippen LogP) is 2.98. The van der Waals surface area contributed by atoms with Crippen molar-refractivity contribution in [2.24, 2.45) is 17.8 Å². The van der Waals surface area contributed by atoms with Crippen molar-refractivity contribution in [1.29, 1.82) is 0 Å². The second-order valence-corrected chi connectivity index (χ2v) is 9.32. The molecule has 1 aromatic carbocycles. The van der Waals surface area contributed by atoms with E-state index in [1.165, 1.54) is 38.9 Å². The first kappa shape index (κ1) is 21.3. The van der Waals surface area contributed by atoms with Crippen LogP contribution in [-0.2, 0) is 16.1 Å². The molecule has 3 aliphatic rings. The van der Waals surface area contributed by atoms with Gasteiger partial charge in [-0.05, 0) is 37.0 Å². The number of aromatic nitrogens is 1. The van der Waals surface area contributed by atoms with Crippen LogP contribution in [0.3, 0.4) is 0 Å². The minimum Gasteiger partial charge on any atom is -0.469 e. The summed E-state index contributed by atoms with van der Waals surface area (Å²) in [5.74, 6) is -1.08. The highest BCUT2D eigenvalue weighted by Gasteiger charge is 2.56. The Labute approximate surface area is 186 Å². The van der Waals surface area contributed by atoms with Crippen LogP contribution in [-0.4, -0.2) is 46.8 Å². The number of carbonyl (C=O) groups excluding carboxylic acids is 1. The fraction of sp³-hybridized carbons (Fsp3) is 0.520. The zero-order chi connectivity index (χ0) is 22.4. The third-order valence-corrected chi connectivity index (χ3v) is 7.75. The number of hydrogen-bond acceptors (Lipinski definition) is 5. The van der Waals surface area contributed by atoms with Crippen LogP contribution in [0.15, 0.2) is 41.2 Å². The number of fused-ring (bicyclic) bond motifs is 4. The van der Waals surface area contributed by atoms with Gasteiger partial charge in [0.25, 0.3) is 5.56 Å². The minimum absolute atomic E-state index is 0.143. The highest BCUT2D eigenvalue weighted by molar-refractivity contribution is 5.75. The SMILES string of the molecule is COC(=O)[C@H]1[C@H](CO)[C@H]2Cn3c(ccc(-c4ccccc4F)c3=O)[C@@H]1N2CC1CCCC1. The fourth-order valence-electron chi connectivity index (χ4n) is 6.25. The summed E-state index contributed by atoms with van der Waals surface area (Å²) >= 11 is 0. The molecule has 0 amide bonds. The maximum absolute atomic E-state index is 14.4. The molecule has 0 spiro atoms. The Balaban J connectivity index is 1.62. The molecular weight excluding hydrogens is 411 g/mol. The van der Waals surface area contributed by atoms with E-state index in [9.17, 15) is 19.1 Å². The van der Waals surface area contributed by atoms with Crippen molar-refractivity contribution in [1.82, 2.24) is 9.47 Å². The Bertz CT molecular complexity index is 1080. The van der Waals surface area contributed by atoms with Crippen LogP contribution in [0, 0.1) is 23.6 Å². The van der Waals surface area contributed by atoms with Gasteiger partial charge in [-0.2, -0.15) is 0 Å². The van der Waals surface area contributed by atoms with Crippen LogP contribution >= 0.6 is 0 Å². The molecule has 2 fully saturated rings. The van der Waals surface area contributed by atoms with Gasteiger partial charge in [0.15, 0.2) is 0 Å². The van der Waals surface area contributed by atoms with Gasteiger partial charge in [0.05, 0.1) is 24.6 Å². The summed E-state index contributed by atoms with van der Waals surface area (Å²) in [5, 5.41) is 10.3. The number of aliphatic hydroxyl groups excluding tert-OH is 1. The molecule has 32 heavy (non-hydrogen) atoms. The maximum Gasteiger partial charge on any atom is 0.311 e. The zero-order valence-corrected chi connectivity index (χ0v) is 18.2. The number of methoxy groups -OCH3 is 1. The van der Waals surface area contributed by atoms with Gasteiger partial charge in [-0.15, -0.1) is 0 Å². The number of benzene rings is 1. The molecule has 2 bridgehead atoms. The van der Waals surface area contributed by atoms with E-state index in [2.05, 4.69) is 4.90 Å². The molecule has 1 aromatic heterocycles. The van der Waals surface area contributed by atoms with Gasteiger partial charge in [-0.25, -0.2) is 4.39 Å². The topological polar surface area (TPSA) is 71.8 Å². The van der Waals surface area contributed by atoms with Crippen LogP contribution in [0.1, 0.15) is 37.4 Å². The van der Waals surface area contributed by atoms with Crippen LogP contribution in [0.25, 0.3) is 11.1 Å². The van der Waals surface area contributed by atoms with Crippen LogP contribution in [0.5, 0.6) is 0 Å². The number of carbonyl (C=O) groups is 1. The third-order valence-electron chi connectivity index (χ3n) is 7.75. The lowest BCUT2D eigenvalue weighted by Gasteiger charge is -2.39. The van der Waals surface area contributed by atoms with Gasteiger partial charge in [-0.3, -0.25) is 14.5 Å². The summed E-state index contributed by atoms with van der Waals surface area (Å²) in [4.78, 5) is 28.6.